The van der Waals surface area contributed by atoms with Crippen molar-refractivity contribution in [1.82, 2.24) is 4.90 Å². The molecular formula is C26H24FN3O2S. The van der Waals surface area contributed by atoms with Crippen LogP contribution < -0.4 is 10.2 Å². The smallest absolute Gasteiger partial charge is 0.308 e. The third-order valence-corrected chi connectivity index (χ3v) is 7.81. The van der Waals surface area contributed by atoms with Gasteiger partial charge < -0.3 is 10.2 Å². The number of urea groups is 1. The monoisotopic (exact) mass is 461 g/mol. The van der Waals surface area contributed by atoms with Crippen LogP contribution in [0.2, 0.25) is 0 Å². The van der Waals surface area contributed by atoms with Gasteiger partial charge in [0.2, 0.25) is 0 Å². The normalized spacial score (nSPS) is 19.3. The van der Waals surface area contributed by atoms with Crippen LogP contribution in [0.5, 0.6) is 0 Å². The molecule has 2 heterocycles. The first-order valence-electron chi connectivity index (χ1n) is 10.9. The van der Waals surface area contributed by atoms with E-state index in [1.807, 2.05) is 56.3 Å². The molecule has 33 heavy (non-hydrogen) atoms. The summed E-state index contributed by atoms with van der Waals surface area (Å²) < 4.78 is 14.4. The zero-order valence-electron chi connectivity index (χ0n) is 18.5. The van der Waals surface area contributed by atoms with Crippen LogP contribution in [0.4, 0.5) is 20.6 Å². The number of carbonyl (C=O) groups excluding carboxylic acids is 2. The van der Waals surface area contributed by atoms with E-state index in [4.69, 9.17) is 0 Å². The van der Waals surface area contributed by atoms with E-state index in [1.165, 1.54) is 17.8 Å². The third kappa shape index (κ3) is 3.47. The predicted molar refractivity (Wildman–Crippen MR) is 130 cm³/mol. The summed E-state index contributed by atoms with van der Waals surface area (Å²) >= 11 is 1.45. The first-order valence-corrected chi connectivity index (χ1v) is 11.8. The number of amides is 3. The summed E-state index contributed by atoms with van der Waals surface area (Å²) in [6.07, 6.45) is 0. The van der Waals surface area contributed by atoms with Crippen molar-refractivity contribution in [2.24, 2.45) is 0 Å². The lowest BCUT2D eigenvalue weighted by Gasteiger charge is -2.33. The summed E-state index contributed by atoms with van der Waals surface area (Å²) in [6, 6.07) is 19.4. The number of benzene rings is 3. The van der Waals surface area contributed by atoms with E-state index < -0.39 is 4.87 Å². The Kier molecular flexibility index (Phi) is 5.37. The Bertz CT molecular complexity index is 1260. The van der Waals surface area contributed by atoms with Gasteiger partial charge in [-0.05, 0) is 49.2 Å². The molecule has 0 aliphatic carbocycles. The molecule has 3 aromatic carbocycles. The molecule has 2 aliphatic rings. The largest absolute Gasteiger partial charge is 0.323 e. The topological polar surface area (TPSA) is 52.7 Å². The Hall–Kier alpha value is -3.32. The predicted octanol–water partition coefficient (Wildman–Crippen LogP) is 5.42. The number of fused-ring (bicyclic) bond motifs is 2. The summed E-state index contributed by atoms with van der Waals surface area (Å²) in [5.41, 5.74) is 4.83. The van der Waals surface area contributed by atoms with Gasteiger partial charge in [-0.3, -0.25) is 9.69 Å². The van der Waals surface area contributed by atoms with Crippen LogP contribution in [0.3, 0.4) is 0 Å². The number of para-hydroxylation sites is 1. The highest BCUT2D eigenvalue weighted by Crippen LogP contribution is 2.54. The Morgan fingerprint density at radius 1 is 1.06 bits per heavy atom. The fraction of sp³-hybridized carbons (Fsp3) is 0.231. The second-order valence-corrected chi connectivity index (χ2v) is 9.66. The van der Waals surface area contributed by atoms with Gasteiger partial charge in [-0.1, -0.05) is 42.5 Å². The molecule has 1 spiro atoms. The lowest BCUT2D eigenvalue weighted by molar-refractivity contribution is -0.123. The Balaban J connectivity index is 1.51. The SMILES string of the molecule is Cc1ccc(NC(=O)N2CCSC23C(=O)N(Cc2ccccc2F)c2ccccc23)cc1C. The van der Waals surface area contributed by atoms with Crippen molar-refractivity contribution in [2.45, 2.75) is 25.3 Å². The molecule has 0 bridgehead atoms. The van der Waals surface area contributed by atoms with Crippen molar-refractivity contribution in [3.05, 3.63) is 94.8 Å². The fourth-order valence-corrected chi connectivity index (χ4v) is 5.99. The summed E-state index contributed by atoms with van der Waals surface area (Å²) in [7, 11) is 0. The van der Waals surface area contributed by atoms with Crippen LogP contribution in [0.25, 0.3) is 0 Å². The molecule has 1 unspecified atom stereocenters. The number of thioether (sulfide) groups is 1. The van der Waals surface area contributed by atoms with Gasteiger partial charge in [-0.25, -0.2) is 9.18 Å². The lowest BCUT2D eigenvalue weighted by atomic mass is 10.1. The van der Waals surface area contributed by atoms with Gasteiger partial charge in [0.05, 0.1) is 12.2 Å². The van der Waals surface area contributed by atoms with Crippen molar-refractivity contribution in [3.63, 3.8) is 0 Å². The van der Waals surface area contributed by atoms with Crippen molar-refractivity contribution >= 4 is 35.1 Å². The van der Waals surface area contributed by atoms with Crippen LogP contribution in [-0.2, 0) is 16.2 Å². The molecule has 7 heteroatoms. The highest BCUT2D eigenvalue weighted by Gasteiger charge is 2.59. The minimum Gasteiger partial charge on any atom is -0.308 e. The van der Waals surface area contributed by atoms with Gasteiger partial charge in [0, 0.05) is 29.1 Å². The maximum absolute atomic E-state index is 14.4. The van der Waals surface area contributed by atoms with Crippen molar-refractivity contribution in [2.75, 3.05) is 22.5 Å². The Labute approximate surface area is 196 Å². The number of rotatable bonds is 3. The van der Waals surface area contributed by atoms with Crippen LogP contribution in [0, 0.1) is 19.7 Å². The molecule has 1 saturated heterocycles. The summed E-state index contributed by atoms with van der Waals surface area (Å²) in [5.74, 6) is 0.0605. The first-order chi connectivity index (χ1) is 15.9. The zero-order valence-corrected chi connectivity index (χ0v) is 19.3. The van der Waals surface area contributed by atoms with E-state index in [-0.39, 0.29) is 24.3 Å². The molecule has 5 nitrogen and oxygen atoms in total. The molecule has 3 amide bonds. The fourth-order valence-electron chi connectivity index (χ4n) is 4.53. The van der Waals surface area contributed by atoms with Gasteiger partial charge in [-0.15, -0.1) is 11.8 Å². The first kappa shape index (κ1) is 21.5. The van der Waals surface area contributed by atoms with E-state index >= 15 is 0 Å². The molecule has 5 rings (SSSR count). The number of halogens is 1. The van der Waals surface area contributed by atoms with Crippen molar-refractivity contribution in [1.29, 1.82) is 0 Å². The van der Waals surface area contributed by atoms with Gasteiger partial charge >= 0.3 is 6.03 Å². The molecule has 1 fully saturated rings. The Morgan fingerprint density at radius 2 is 1.82 bits per heavy atom. The van der Waals surface area contributed by atoms with Gasteiger partial charge in [0.25, 0.3) is 5.91 Å². The second kappa shape index (κ2) is 8.23. The maximum atomic E-state index is 14.4. The molecule has 2 aliphatic heterocycles. The summed E-state index contributed by atoms with van der Waals surface area (Å²) in [4.78, 5) is 29.4. The van der Waals surface area contributed by atoms with Gasteiger partial charge in [-0.2, -0.15) is 0 Å². The number of carbonyl (C=O) groups is 2. The third-order valence-electron chi connectivity index (χ3n) is 6.39. The molecule has 168 valence electrons. The standard InChI is InChI=1S/C26H24FN3O2S/c1-17-11-12-20(15-18(17)2)28-25(32)30-13-14-33-26(30)21-8-4-6-10-23(21)29(24(26)31)16-19-7-3-5-9-22(19)27/h3-12,15H,13-14,16H2,1-2H3,(H,28,32). The van der Waals surface area contributed by atoms with Crippen LogP contribution >= 0.6 is 11.8 Å². The van der Waals surface area contributed by atoms with E-state index in [2.05, 4.69) is 5.32 Å². The van der Waals surface area contributed by atoms with E-state index in [0.717, 1.165) is 16.7 Å². The molecule has 1 N–H and O–H groups in total. The van der Waals surface area contributed by atoms with Gasteiger partial charge in [0.15, 0.2) is 4.87 Å². The van der Waals surface area contributed by atoms with Gasteiger partial charge in [0.1, 0.15) is 5.82 Å². The van der Waals surface area contributed by atoms with Crippen LogP contribution in [0.15, 0.2) is 66.7 Å². The van der Waals surface area contributed by atoms with Crippen LogP contribution in [-0.4, -0.2) is 29.1 Å². The van der Waals surface area contributed by atoms with Crippen molar-refractivity contribution < 1.29 is 14.0 Å². The highest BCUT2D eigenvalue weighted by molar-refractivity contribution is 8.01. The Morgan fingerprint density at radius 3 is 2.61 bits per heavy atom. The van der Waals surface area contributed by atoms with Crippen molar-refractivity contribution in [3.8, 4) is 0 Å². The minimum absolute atomic E-state index is 0.109. The quantitative estimate of drug-likeness (QED) is 0.566. The number of hydrogen-bond donors (Lipinski definition) is 1. The number of nitrogens with one attached hydrogen (secondary N) is 1. The average molecular weight is 462 g/mol. The zero-order chi connectivity index (χ0) is 23.2. The molecule has 3 aromatic rings. The maximum Gasteiger partial charge on any atom is 0.323 e. The summed E-state index contributed by atoms with van der Waals surface area (Å²) in [5, 5.41) is 2.97. The number of aryl methyl sites for hydroxylation is 2. The van der Waals surface area contributed by atoms with Crippen LogP contribution in [0.1, 0.15) is 22.3 Å². The number of hydrogen-bond acceptors (Lipinski definition) is 3. The summed E-state index contributed by atoms with van der Waals surface area (Å²) in [6.45, 7) is 4.56. The molecule has 0 saturated carbocycles. The highest BCUT2D eigenvalue weighted by atomic mass is 32.2. The molecular weight excluding hydrogens is 437 g/mol. The number of nitrogens with zero attached hydrogens (tertiary/aromatic N) is 2. The lowest BCUT2D eigenvalue weighted by Crippen LogP contribution is -2.51. The number of anilines is 2. The second-order valence-electron chi connectivity index (χ2n) is 8.37. The molecule has 1 atom stereocenters. The van der Waals surface area contributed by atoms with E-state index in [9.17, 15) is 14.0 Å². The van der Waals surface area contributed by atoms with E-state index in [0.29, 0.717) is 29.2 Å². The van der Waals surface area contributed by atoms with E-state index in [1.54, 1.807) is 28.0 Å². The minimum atomic E-state index is -1.16. The molecule has 0 radical (unpaired) electrons. The average Bonchev–Trinajstić information content (AvgIpc) is 3.35. The molecule has 0 aromatic heterocycles.